The molecule has 276 valence electrons. The number of aliphatic hydroxyl groups is 8. The van der Waals surface area contributed by atoms with Crippen LogP contribution in [0.5, 0.6) is 0 Å². The molecule has 0 bridgehead atoms. The molecule has 0 aromatic rings. The summed E-state index contributed by atoms with van der Waals surface area (Å²) in [5.74, 6) is -0.453. The zero-order chi connectivity index (χ0) is 34.7. The molecule has 3 fully saturated rings. The fraction of sp³-hybridized carbons (Fsp3) is 0.967. The molecule has 17 nitrogen and oxygen atoms in total. The minimum absolute atomic E-state index is 0.116. The van der Waals surface area contributed by atoms with Gasteiger partial charge >= 0.3 is 0 Å². The minimum atomic E-state index is -1.67. The van der Waals surface area contributed by atoms with Gasteiger partial charge in [0.05, 0.1) is 31.9 Å². The maximum atomic E-state index is 13.1. The number of aliphatic hydroxyl groups excluding tert-OH is 8. The van der Waals surface area contributed by atoms with Crippen molar-refractivity contribution in [3.05, 3.63) is 0 Å². The normalized spacial score (nSPS) is 41.1. The number of nitrogens with one attached hydrogen (secondary N) is 1. The molecule has 3 aliphatic heterocycles. The van der Waals surface area contributed by atoms with Gasteiger partial charge in [-0.2, -0.15) is 0 Å². The Kier molecular flexibility index (Phi) is 17.1. The minimum Gasteiger partial charge on any atom is -0.394 e. The highest BCUT2D eigenvalue weighted by atomic mass is 16.7. The highest BCUT2D eigenvalue weighted by molar-refractivity contribution is 5.76. The number of nitrogens with two attached hydrogens (primary N) is 2. The summed E-state index contributed by atoms with van der Waals surface area (Å²) in [5.41, 5.74) is 11.9. The Labute approximate surface area is 275 Å². The average molecular weight is 684 g/mol. The summed E-state index contributed by atoms with van der Waals surface area (Å²) in [7, 11) is 0. The highest BCUT2D eigenvalue weighted by Gasteiger charge is 2.53. The quantitative estimate of drug-likeness (QED) is 0.0622. The summed E-state index contributed by atoms with van der Waals surface area (Å²) in [4.78, 5) is 13.1. The van der Waals surface area contributed by atoms with Crippen LogP contribution in [-0.4, -0.2) is 159 Å². The monoisotopic (exact) mass is 683 g/mol. The zero-order valence-corrected chi connectivity index (χ0v) is 27.0. The first-order valence-electron chi connectivity index (χ1n) is 16.8. The van der Waals surface area contributed by atoms with Crippen molar-refractivity contribution in [2.24, 2.45) is 11.5 Å². The Morgan fingerprint density at radius 1 is 0.638 bits per heavy atom. The van der Waals surface area contributed by atoms with Crippen LogP contribution >= 0.6 is 0 Å². The van der Waals surface area contributed by atoms with Gasteiger partial charge in [-0.3, -0.25) is 4.79 Å². The summed E-state index contributed by atoms with van der Waals surface area (Å²) in [6.07, 6.45) is -8.15. The van der Waals surface area contributed by atoms with Gasteiger partial charge in [0.15, 0.2) is 18.9 Å². The molecule has 13 N–H and O–H groups in total. The number of carbonyl (C=O) groups is 1. The van der Waals surface area contributed by atoms with Gasteiger partial charge in [-0.1, -0.05) is 58.3 Å². The Hall–Kier alpha value is -1.13. The Balaban J connectivity index is 1.74. The van der Waals surface area contributed by atoms with Crippen molar-refractivity contribution in [2.75, 3.05) is 19.8 Å². The van der Waals surface area contributed by atoms with E-state index < -0.39 is 118 Å². The van der Waals surface area contributed by atoms with E-state index in [0.29, 0.717) is 6.42 Å². The van der Waals surface area contributed by atoms with E-state index in [9.17, 15) is 45.6 Å². The lowest BCUT2D eigenvalue weighted by Crippen LogP contribution is -2.70. The van der Waals surface area contributed by atoms with Crippen molar-refractivity contribution in [3.63, 3.8) is 0 Å². The van der Waals surface area contributed by atoms with Gasteiger partial charge in [0, 0.05) is 6.42 Å². The second kappa shape index (κ2) is 19.9. The molecule has 0 aromatic carbocycles. The number of hydrogen-bond donors (Lipinski definition) is 11. The summed E-state index contributed by atoms with van der Waals surface area (Å²) in [6.45, 7) is 0.0484. The Bertz CT molecular complexity index is 906. The maximum absolute atomic E-state index is 13.1. The summed E-state index contributed by atoms with van der Waals surface area (Å²) in [6, 6.07) is -4.04. The summed E-state index contributed by atoms with van der Waals surface area (Å²) in [5, 5.41) is 85.2. The molecular formula is C30H57N3O14. The molecule has 3 aliphatic rings. The molecule has 15 atom stereocenters. The van der Waals surface area contributed by atoms with E-state index in [0.717, 1.165) is 25.7 Å². The summed E-state index contributed by atoms with van der Waals surface area (Å²) >= 11 is 0. The number of carbonyl (C=O) groups excluding carboxylic acids is 1. The van der Waals surface area contributed by atoms with E-state index in [4.69, 9.17) is 35.2 Å². The third kappa shape index (κ3) is 10.7. The molecule has 0 spiro atoms. The van der Waals surface area contributed by atoms with Crippen LogP contribution in [0.2, 0.25) is 0 Å². The predicted molar refractivity (Wildman–Crippen MR) is 163 cm³/mol. The maximum Gasteiger partial charge on any atom is 0.220 e. The van der Waals surface area contributed by atoms with Gasteiger partial charge in [-0.15, -0.1) is 0 Å². The SMILES string of the molecule is CCCCCCCCCCCC(=O)N[C@H]1[C@H](OC2[C@@H](CO)O[C@@H](O)[C@H](N)[C@H]2O)O[C@H](CO)C(O[C@@H]2O[C@H](CO)[C@@H](O)[C@H](O)[C@H]2N)[C@@H]1O. The zero-order valence-electron chi connectivity index (χ0n) is 27.0. The van der Waals surface area contributed by atoms with Crippen molar-refractivity contribution in [1.29, 1.82) is 0 Å². The van der Waals surface area contributed by atoms with E-state index in [1.54, 1.807) is 0 Å². The van der Waals surface area contributed by atoms with Crippen molar-refractivity contribution in [3.8, 4) is 0 Å². The van der Waals surface area contributed by atoms with Crippen LogP contribution in [0.15, 0.2) is 0 Å². The molecule has 0 aromatic heterocycles. The van der Waals surface area contributed by atoms with Crippen LogP contribution in [0.25, 0.3) is 0 Å². The van der Waals surface area contributed by atoms with Crippen LogP contribution in [0.3, 0.4) is 0 Å². The van der Waals surface area contributed by atoms with Crippen molar-refractivity contribution >= 4 is 5.91 Å². The number of rotatable bonds is 18. The third-order valence-corrected chi connectivity index (χ3v) is 9.12. The first-order chi connectivity index (χ1) is 22.5. The highest BCUT2D eigenvalue weighted by Crippen LogP contribution is 2.32. The fourth-order valence-corrected chi connectivity index (χ4v) is 6.16. The third-order valence-electron chi connectivity index (χ3n) is 9.12. The van der Waals surface area contributed by atoms with Gasteiger partial charge < -0.3 is 81.3 Å². The van der Waals surface area contributed by atoms with Crippen molar-refractivity contribution < 1.29 is 69.3 Å². The van der Waals surface area contributed by atoms with Crippen LogP contribution in [0.1, 0.15) is 71.1 Å². The van der Waals surface area contributed by atoms with Crippen LogP contribution in [-0.2, 0) is 28.5 Å². The number of ether oxygens (including phenoxy) is 5. The van der Waals surface area contributed by atoms with E-state index in [1.807, 2.05) is 0 Å². The first kappa shape index (κ1) is 40.3. The van der Waals surface area contributed by atoms with Crippen LogP contribution in [0.4, 0.5) is 0 Å². The van der Waals surface area contributed by atoms with Crippen molar-refractivity contribution in [2.45, 2.75) is 163 Å². The molecule has 0 radical (unpaired) electrons. The van der Waals surface area contributed by atoms with E-state index in [1.165, 1.54) is 25.7 Å². The lowest BCUT2D eigenvalue weighted by molar-refractivity contribution is -0.350. The molecule has 47 heavy (non-hydrogen) atoms. The van der Waals surface area contributed by atoms with Crippen LogP contribution in [0, 0.1) is 0 Å². The first-order valence-corrected chi connectivity index (χ1v) is 16.8. The Morgan fingerprint density at radius 2 is 1.15 bits per heavy atom. The van der Waals surface area contributed by atoms with Gasteiger partial charge in [0.1, 0.15) is 61.0 Å². The van der Waals surface area contributed by atoms with Crippen LogP contribution < -0.4 is 16.8 Å². The number of hydrogen-bond acceptors (Lipinski definition) is 16. The summed E-state index contributed by atoms with van der Waals surface area (Å²) < 4.78 is 28.6. The molecule has 3 heterocycles. The number of unbranched alkanes of at least 4 members (excludes halogenated alkanes) is 8. The molecular weight excluding hydrogens is 626 g/mol. The van der Waals surface area contributed by atoms with E-state index in [2.05, 4.69) is 12.2 Å². The van der Waals surface area contributed by atoms with E-state index in [-0.39, 0.29) is 6.42 Å². The van der Waals surface area contributed by atoms with Gasteiger partial charge in [0.25, 0.3) is 0 Å². The fourth-order valence-electron chi connectivity index (χ4n) is 6.16. The second-order valence-corrected chi connectivity index (χ2v) is 12.7. The lowest BCUT2D eigenvalue weighted by Gasteiger charge is -2.49. The standard InChI is InChI=1S/C30H57N3O14/c1-2-3-4-5-6-7-8-9-10-11-18(37)33-21-25(41)27(46-29-20(32)23(39)22(38)15(12-34)44-29)17(14-36)45-30(21)47-26-16(13-35)43-28(42)19(31)24(26)40/h15-17,19-30,34-36,38-42H,2-14,31-32H2,1H3,(H,33,37)/t15-,16-,17-,19-,20-,21-,22-,23-,24-,25-,26?,27?,28-,29+,30+/m1/s1. The molecule has 1 amide bonds. The van der Waals surface area contributed by atoms with Gasteiger partial charge in [-0.05, 0) is 6.42 Å². The number of amides is 1. The molecule has 0 aliphatic carbocycles. The molecule has 2 unspecified atom stereocenters. The van der Waals surface area contributed by atoms with Gasteiger partial charge in [0.2, 0.25) is 5.91 Å². The lowest BCUT2D eigenvalue weighted by atomic mass is 9.94. The predicted octanol–water partition coefficient (Wildman–Crippen LogP) is -3.60. The largest absolute Gasteiger partial charge is 0.394 e. The molecule has 3 rings (SSSR count). The second-order valence-electron chi connectivity index (χ2n) is 12.7. The topological polar surface area (TPSA) is 289 Å². The van der Waals surface area contributed by atoms with Crippen molar-refractivity contribution in [1.82, 2.24) is 5.32 Å². The molecule has 3 saturated heterocycles. The Morgan fingerprint density at radius 3 is 1.74 bits per heavy atom. The molecule has 0 saturated carbocycles. The van der Waals surface area contributed by atoms with Gasteiger partial charge in [-0.25, -0.2) is 0 Å². The molecule has 17 heteroatoms. The smallest absolute Gasteiger partial charge is 0.220 e. The average Bonchev–Trinajstić information content (AvgIpc) is 3.06. The van der Waals surface area contributed by atoms with E-state index >= 15 is 0 Å².